The number of hydrogen-bond donors (Lipinski definition) is 2. The fourth-order valence-corrected chi connectivity index (χ4v) is 2.23. The Balaban J connectivity index is 2.21. The van der Waals surface area contributed by atoms with Gasteiger partial charge in [-0.2, -0.15) is 0 Å². The van der Waals surface area contributed by atoms with Crippen LogP contribution < -0.4 is 10.5 Å². The van der Waals surface area contributed by atoms with Gasteiger partial charge in [0.1, 0.15) is 5.82 Å². The number of hydrogen-bond acceptors (Lipinski definition) is 3. The fourth-order valence-electron chi connectivity index (χ4n) is 1.71. The molecule has 110 valence electrons. The van der Waals surface area contributed by atoms with E-state index in [1.54, 1.807) is 13.0 Å². The fraction of sp³-hybridized carbons (Fsp3) is 0.0714. The van der Waals surface area contributed by atoms with Gasteiger partial charge < -0.3 is 5.32 Å². The highest BCUT2D eigenvalue weighted by molar-refractivity contribution is 7.89. The minimum Gasteiger partial charge on any atom is -0.319 e. The molecule has 0 spiro atoms. The van der Waals surface area contributed by atoms with Crippen LogP contribution >= 0.6 is 0 Å². The van der Waals surface area contributed by atoms with Gasteiger partial charge in [0.05, 0.1) is 10.6 Å². The monoisotopic (exact) mass is 308 g/mol. The van der Waals surface area contributed by atoms with Crippen LogP contribution in [-0.4, -0.2) is 14.3 Å². The van der Waals surface area contributed by atoms with Crippen LogP contribution in [0.25, 0.3) is 0 Å². The molecule has 0 aliphatic heterocycles. The van der Waals surface area contributed by atoms with Crippen molar-refractivity contribution in [1.29, 1.82) is 0 Å². The van der Waals surface area contributed by atoms with E-state index in [1.807, 2.05) is 0 Å². The van der Waals surface area contributed by atoms with Gasteiger partial charge in [0.25, 0.3) is 5.91 Å². The topological polar surface area (TPSA) is 89.3 Å². The van der Waals surface area contributed by atoms with Crippen molar-refractivity contribution in [2.45, 2.75) is 11.8 Å². The van der Waals surface area contributed by atoms with Gasteiger partial charge >= 0.3 is 0 Å². The average Bonchev–Trinajstić information content (AvgIpc) is 2.41. The van der Waals surface area contributed by atoms with Crippen molar-refractivity contribution in [3.8, 4) is 0 Å². The quantitative estimate of drug-likeness (QED) is 0.909. The predicted molar refractivity (Wildman–Crippen MR) is 76.9 cm³/mol. The lowest BCUT2D eigenvalue weighted by Crippen LogP contribution is -2.15. The highest BCUT2D eigenvalue weighted by Gasteiger charge is 2.12. The molecule has 3 N–H and O–H groups in total. The van der Waals surface area contributed by atoms with Crippen molar-refractivity contribution < 1.29 is 17.6 Å². The number of anilines is 1. The number of primary sulfonamides is 1. The Bertz CT molecular complexity index is 786. The molecule has 0 aromatic heterocycles. The number of sulfonamides is 1. The second kappa shape index (κ2) is 5.63. The molecule has 0 heterocycles. The van der Waals surface area contributed by atoms with Crippen molar-refractivity contribution in [3.05, 3.63) is 59.4 Å². The summed E-state index contributed by atoms with van der Waals surface area (Å²) in [6.07, 6.45) is 0. The molecule has 0 saturated heterocycles. The van der Waals surface area contributed by atoms with E-state index >= 15 is 0 Å². The number of nitrogens with two attached hydrogens (primary N) is 1. The van der Waals surface area contributed by atoms with Crippen LogP contribution in [0.5, 0.6) is 0 Å². The lowest BCUT2D eigenvalue weighted by molar-refractivity contribution is 0.102. The van der Waals surface area contributed by atoms with Crippen molar-refractivity contribution in [3.63, 3.8) is 0 Å². The number of halogens is 1. The van der Waals surface area contributed by atoms with Crippen LogP contribution in [0.1, 0.15) is 15.9 Å². The van der Waals surface area contributed by atoms with Crippen LogP contribution in [0.2, 0.25) is 0 Å². The van der Waals surface area contributed by atoms with Gasteiger partial charge in [0.15, 0.2) is 0 Å². The molecule has 0 unspecified atom stereocenters. The number of benzene rings is 2. The summed E-state index contributed by atoms with van der Waals surface area (Å²) in [7, 11) is -3.81. The molecule has 0 atom stereocenters. The maximum absolute atomic E-state index is 13.6. The zero-order valence-corrected chi connectivity index (χ0v) is 11.9. The molecule has 2 aromatic carbocycles. The summed E-state index contributed by atoms with van der Waals surface area (Å²) in [5, 5.41) is 7.38. The summed E-state index contributed by atoms with van der Waals surface area (Å²) in [6.45, 7) is 1.74. The summed E-state index contributed by atoms with van der Waals surface area (Å²) >= 11 is 0. The van der Waals surface area contributed by atoms with E-state index in [0.717, 1.165) is 5.56 Å². The Morgan fingerprint density at radius 3 is 2.29 bits per heavy atom. The van der Waals surface area contributed by atoms with Crippen LogP contribution in [0.4, 0.5) is 10.1 Å². The molecule has 0 bridgehead atoms. The SMILES string of the molecule is Cc1ccc(NC(=O)c2ccc(S(N)(=O)=O)cc2)c(F)c1. The molecular weight excluding hydrogens is 295 g/mol. The van der Waals surface area contributed by atoms with Crippen molar-refractivity contribution in [2.75, 3.05) is 5.32 Å². The zero-order chi connectivity index (χ0) is 15.6. The van der Waals surface area contributed by atoms with Gasteiger partial charge in [-0.05, 0) is 48.9 Å². The van der Waals surface area contributed by atoms with E-state index in [0.29, 0.717) is 0 Å². The minimum absolute atomic E-state index is 0.0566. The Kier molecular flexibility index (Phi) is 4.06. The molecule has 0 saturated carbocycles. The number of rotatable bonds is 3. The van der Waals surface area contributed by atoms with E-state index in [9.17, 15) is 17.6 Å². The van der Waals surface area contributed by atoms with Crippen LogP contribution in [0.15, 0.2) is 47.4 Å². The van der Waals surface area contributed by atoms with Crippen LogP contribution in [0, 0.1) is 12.7 Å². The lowest BCUT2D eigenvalue weighted by Gasteiger charge is -2.07. The first-order chi connectivity index (χ1) is 9.77. The number of carbonyl (C=O) groups is 1. The molecule has 0 aliphatic carbocycles. The number of amides is 1. The maximum atomic E-state index is 13.6. The first kappa shape index (κ1) is 15.1. The predicted octanol–water partition coefficient (Wildman–Crippen LogP) is 2.03. The second-order valence-electron chi connectivity index (χ2n) is 4.51. The van der Waals surface area contributed by atoms with Gasteiger partial charge in [-0.3, -0.25) is 4.79 Å². The Hall–Kier alpha value is -2.25. The lowest BCUT2D eigenvalue weighted by atomic mass is 10.2. The van der Waals surface area contributed by atoms with Crippen LogP contribution in [-0.2, 0) is 10.0 Å². The second-order valence-corrected chi connectivity index (χ2v) is 6.07. The largest absolute Gasteiger partial charge is 0.319 e. The highest BCUT2D eigenvalue weighted by atomic mass is 32.2. The van der Waals surface area contributed by atoms with E-state index < -0.39 is 21.7 Å². The Morgan fingerprint density at radius 2 is 1.76 bits per heavy atom. The van der Waals surface area contributed by atoms with Gasteiger partial charge in [-0.25, -0.2) is 17.9 Å². The highest BCUT2D eigenvalue weighted by Crippen LogP contribution is 2.17. The normalized spacial score (nSPS) is 11.2. The third-order valence-electron chi connectivity index (χ3n) is 2.82. The molecule has 1 amide bonds. The number of nitrogens with one attached hydrogen (secondary N) is 1. The third-order valence-corrected chi connectivity index (χ3v) is 3.75. The van der Waals surface area contributed by atoms with Crippen LogP contribution in [0.3, 0.4) is 0 Å². The van der Waals surface area contributed by atoms with Gasteiger partial charge in [0.2, 0.25) is 10.0 Å². The van der Waals surface area contributed by atoms with E-state index in [1.165, 1.54) is 36.4 Å². The number of carbonyl (C=O) groups excluding carboxylic acids is 1. The Morgan fingerprint density at radius 1 is 1.14 bits per heavy atom. The molecule has 2 rings (SSSR count). The molecule has 2 aromatic rings. The molecule has 7 heteroatoms. The maximum Gasteiger partial charge on any atom is 0.255 e. The Labute approximate surface area is 121 Å². The molecular formula is C14H13FN2O3S. The van der Waals surface area contributed by atoms with Gasteiger partial charge in [-0.1, -0.05) is 6.07 Å². The number of aryl methyl sites for hydroxylation is 1. The van der Waals surface area contributed by atoms with Crippen molar-refractivity contribution >= 4 is 21.6 Å². The first-order valence-electron chi connectivity index (χ1n) is 5.98. The molecule has 0 fully saturated rings. The molecule has 0 radical (unpaired) electrons. The van der Waals surface area contributed by atoms with Gasteiger partial charge in [-0.15, -0.1) is 0 Å². The summed E-state index contributed by atoms with van der Waals surface area (Å²) in [5.41, 5.74) is 0.992. The van der Waals surface area contributed by atoms with Crippen molar-refractivity contribution in [1.82, 2.24) is 0 Å². The van der Waals surface area contributed by atoms with Gasteiger partial charge in [0, 0.05) is 5.56 Å². The standard InChI is InChI=1S/C14H13FN2O3S/c1-9-2-7-13(12(15)8-9)17-14(18)10-3-5-11(6-4-10)21(16,19)20/h2-8H,1H3,(H,17,18)(H2,16,19,20). The average molecular weight is 308 g/mol. The van der Waals surface area contributed by atoms with Crippen molar-refractivity contribution in [2.24, 2.45) is 5.14 Å². The molecule has 0 aliphatic rings. The molecule has 21 heavy (non-hydrogen) atoms. The summed E-state index contributed by atoms with van der Waals surface area (Å²) in [4.78, 5) is 11.9. The summed E-state index contributed by atoms with van der Waals surface area (Å²) in [6, 6.07) is 9.48. The molecule has 5 nitrogen and oxygen atoms in total. The third kappa shape index (κ3) is 3.65. The van der Waals surface area contributed by atoms with E-state index in [2.05, 4.69) is 5.32 Å². The first-order valence-corrected chi connectivity index (χ1v) is 7.52. The van der Waals surface area contributed by atoms with E-state index in [4.69, 9.17) is 5.14 Å². The van der Waals surface area contributed by atoms with E-state index in [-0.39, 0.29) is 16.1 Å². The summed E-state index contributed by atoms with van der Waals surface area (Å²) in [5.74, 6) is -1.08. The smallest absolute Gasteiger partial charge is 0.255 e. The minimum atomic E-state index is -3.81. The summed E-state index contributed by atoms with van der Waals surface area (Å²) < 4.78 is 35.9. The zero-order valence-electron chi connectivity index (χ0n) is 11.1.